The molecular formula is C26H39BNY-. The molecule has 0 amide bonds. The molecule has 1 nitrogen and oxygen atoms in total. The van der Waals surface area contributed by atoms with Crippen molar-refractivity contribution < 1.29 is 32.7 Å². The van der Waals surface area contributed by atoms with Gasteiger partial charge < -0.3 is 6.92 Å². The maximum absolute atomic E-state index is 5.99. The Hall–Kier alpha value is -0.721. The van der Waals surface area contributed by atoms with Gasteiger partial charge in [0.2, 0.25) is 0 Å². The van der Waals surface area contributed by atoms with Crippen molar-refractivity contribution in [3.8, 4) is 0 Å². The Morgan fingerprint density at radius 2 is 1.48 bits per heavy atom. The Morgan fingerprint density at radius 1 is 0.862 bits per heavy atom. The van der Waals surface area contributed by atoms with Crippen LogP contribution in [0, 0.1) is 20.8 Å². The van der Waals surface area contributed by atoms with Crippen molar-refractivity contribution in [2.75, 3.05) is 0 Å². The van der Waals surface area contributed by atoms with Gasteiger partial charge in [-0.25, -0.2) is 0 Å². The van der Waals surface area contributed by atoms with Crippen LogP contribution in [0.4, 0.5) is 5.69 Å². The normalized spacial score (nSPS) is 10.1. The van der Waals surface area contributed by atoms with Gasteiger partial charge in [-0.1, -0.05) is 88.3 Å². The van der Waals surface area contributed by atoms with Crippen LogP contribution >= 0.6 is 0 Å². The van der Waals surface area contributed by atoms with E-state index in [1.54, 1.807) is 6.92 Å². The number of aliphatic imine (C=N–C) groups is 1. The summed E-state index contributed by atoms with van der Waals surface area (Å²) in [5.41, 5.74) is 6.62. The molecule has 2 aromatic carbocycles. The van der Waals surface area contributed by atoms with E-state index < -0.39 is 0 Å². The minimum Gasteiger partial charge on any atom is -0.346 e. The third kappa shape index (κ3) is 12.5. The van der Waals surface area contributed by atoms with E-state index in [4.69, 9.17) is 12.8 Å². The zero-order chi connectivity index (χ0) is 21.4. The van der Waals surface area contributed by atoms with Gasteiger partial charge in [0.25, 0.3) is 0 Å². The third-order valence-electron chi connectivity index (χ3n) is 4.46. The Kier molecular flexibility index (Phi) is 20.2. The van der Waals surface area contributed by atoms with Crippen molar-refractivity contribution >= 4 is 24.7 Å². The van der Waals surface area contributed by atoms with Gasteiger partial charge in [0, 0.05) is 38.4 Å². The van der Waals surface area contributed by atoms with E-state index >= 15 is 0 Å². The molecule has 0 heterocycles. The Morgan fingerprint density at radius 3 is 2.03 bits per heavy atom. The maximum Gasteiger partial charge on any atom is 0.113 e. The molecule has 0 atom stereocenters. The molecule has 0 aliphatic carbocycles. The summed E-state index contributed by atoms with van der Waals surface area (Å²) in [4.78, 5) is 4.96. The van der Waals surface area contributed by atoms with E-state index in [1.807, 2.05) is 12.1 Å². The first-order valence-corrected chi connectivity index (χ1v) is 10.7. The third-order valence-corrected chi connectivity index (χ3v) is 4.46. The second kappa shape index (κ2) is 19.3. The summed E-state index contributed by atoms with van der Waals surface area (Å²) in [5.74, 6) is 0. The van der Waals surface area contributed by atoms with Crippen molar-refractivity contribution in [2.24, 2.45) is 4.99 Å². The Bertz CT molecular complexity index is 693. The summed E-state index contributed by atoms with van der Waals surface area (Å²) in [6.45, 7) is 15.8. The van der Waals surface area contributed by atoms with Crippen molar-refractivity contribution in [1.82, 2.24) is 0 Å². The van der Waals surface area contributed by atoms with E-state index in [9.17, 15) is 0 Å². The minimum absolute atomic E-state index is 0. The van der Waals surface area contributed by atoms with E-state index in [2.05, 4.69) is 71.9 Å². The summed E-state index contributed by atoms with van der Waals surface area (Å²) in [6, 6.07) is 14.4. The van der Waals surface area contributed by atoms with Gasteiger partial charge in [-0.05, 0) is 49.4 Å². The van der Waals surface area contributed by atoms with E-state index in [0.717, 1.165) is 29.7 Å². The van der Waals surface area contributed by atoms with Crippen LogP contribution < -0.4 is 5.46 Å². The summed E-state index contributed by atoms with van der Waals surface area (Å²) in [6.07, 6.45) is 7.24. The minimum atomic E-state index is 0. The number of nitrogens with zero attached hydrogens (tertiary/aromatic N) is 1. The molecule has 3 heteroatoms. The molecule has 0 fully saturated rings. The molecule has 155 valence electrons. The standard InChI is InChI=1S/C20H24BN.C4H10.C2H5.Y/c1-4-5-6-11-20(18-14-17(21)13-12-15(18)2)22-19-10-8-7-9-16(19)3;1-3-4-2;1-2;/h7-10,12-14H,4-6,11H2,1-3H3;3-4H2,1-2H3;1H2,2H3;/q;;-1;. The van der Waals surface area contributed by atoms with Crippen LogP contribution in [0.2, 0.25) is 0 Å². The van der Waals surface area contributed by atoms with Crippen LogP contribution in [-0.4, -0.2) is 13.6 Å². The Balaban J connectivity index is 0. The molecule has 0 saturated heterocycles. The molecular weight excluding hydrogens is 426 g/mol. The average molecular weight is 465 g/mol. The fraction of sp³-hybridized carbons (Fsp3) is 0.462. The van der Waals surface area contributed by atoms with Crippen molar-refractivity contribution in [2.45, 2.75) is 80.1 Å². The second-order valence-corrected chi connectivity index (χ2v) is 6.88. The summed E-state index contributed by atoms with van der Waals surface area (Å²) in [5, 5.41) is 0. The fourth-order valence-electron chi connectivity index (χ4n) is 2.58. The number of para-hydroxylation sites is 1. The smallest absolute Gasteiger partial charge is 0.113 e. The van der Waals surface area contributed by atoms with Gasteiger partial charge in [-0.15, -0.1) is 0 Å². The van der Waals surface area contributed by atoms with Crippen LogP contribution in [0.15, 0.2) is 47.5 Å². The zero-order valence-electron chi connectivity index (χ0n) is 19.6. The predicted molar refractivity (Wildman–Crippen MR) is 130 cm³/mol. The van der Waals surface area contributed by atoms with Gasteiger partial charge in [-0.2, -0.15) is 6.92 Å². The molecule has 0 N–H and O–H groups in total. The van der Waals surface area contributed by atoms with Crippen molar-refractivity contribution in [3.05, 3.63) is 66.1 Å². The summed E-state index contributed by atoms with van der Waals surface area (Å²) >= 11 is 0. The van der Waals surface area contributed by atoms with Gasteiger partial charge in [0.15, 0.2) is 0 Å². The SMILES string of the molecule is CCCC.[B]c1ccc(C)c(C(CCCCC)=Nc2ccccc2C)c1.[CH2-]C.[Y]. The molecule has 0 aliphatic heterocycles. The monoisotopic (exact) mass is 465 g/mol. The number of rotatable bonds is 7. The molecule has 0 bridgehead atoms. The van der Waals surface area contributed by atoms with Crippen molar-refractivity contribution in [3.63, 3.8) is 0 Å². The molecule has 0 spiro atoms. The zero-order valence-corrected chi connectivity index (χ0v) is 22.4. The molecule has 2 aromatic rings. The van der Waals surface area contributed by atoms with Crippen molar-refractivity contribution in [1.29, 1.82) is 0 Å². The number of hydrogen-bond donors (Lipinski definition) is 0. The maximum atomic E-state index is 5.99. The first kappa shape index (κ1) is 30.5. The van der Waals surface area contributed by atoms with Gasteiger partial charge in [0.1, 0.15) is 7.85 Å². The van der Waals surface area contributed by atoms with Gasteiger partial charge in [0.05, 0.1) is 5.69 Å². The largest absolute Gasteiger partial charge is 0.346 e. The number of unbranched alkanes of at least 4 members (excludes halogenated alkanes) is 3. The van der Waals surface area contributed by atoms with Crippen LogP contribution in [0.1, 0.15) is 82.9 Å². The predicted octanol–water partition coefficient (Wildman–Crippen LogP) is 7.44. The molecule has 0 saturated carbocycles. The van der Waals surface area contributed by atoms with Gasteiger partial charge in [-0.3, -0.25) is 4.99 Å². The van der Waals surface area contributed by atoms with Crippen LogP contribution in [-0.2, 0) is 32.7 Å². The topological polar surface area (TPSA) is 12.4 Å². The van der Waals surface area contributed by atoms with E-state index in [1.165, 1.54) is 42.4 Å². The van der Waals surface area contributed by atoms with Crippen LogP contribution in [0.25, 0.3) is 0 Å². The molecule has 29 heavy (non-hydrogen) atoms. The number of benzene rings is 2. The van der Waals surface area contributed by atoms with Gasteiger partial charge >= 0.3 is 0 Å². The fourth-order valence-corrected chi connectivity index (χ4v) is 2.58. The molecule has 0 unspecified atom stereocenters. The van der Waals surface area contributed by atoms with Crippen LogP contribution in [0.5, 0.6) is 0 Å². The molecule has 0 aliphatic rings. The number of hydrogen-bond acceptors (Lipinski definition) is 1. The first-order chi connectivity index (χ1) is 13.5. The van der Waals surface area contributed by atoms with E-state index in [-0.39, 0.29) is 32.7 Å². The molecule has 3 radical (unpaired) electrons. The quantitative estimate of drug-likeness (QED) is 0.174. The average Bonchev–Trinajstić information content (AvgIpc) is 2.72. The Labute approximate surface area is 207 Å². The first-order valence-electron chi connectivity index (χ1n) is 10.7. The number of aryl methyl sites for hydroxylation is 2. The summed E-state index contributed by atoms with van der Waals surface area (Å²) < 4.78 is 0. The molecule has 2 rings (SSSR count). The van der Waals surface area contributed by atoms with E-state index in [0.29, 0.717) is 0 Å². The second-order valence-electron chi connectivity index (χ2n) is 6.88. The summed E-state index contributed by atoms with van der Waals surface area (Å²) in [7, 11) is 5.99. The van der Waals surface area contributed by atoms with Crippen LogP contribution in [0.3, 0.4) is 0 Å². The molecule has 0 aromatic heterocycles.